The minimum Gasteiger partial charge on any atom is -0.382 e. The lowest BCUT2D eigenvalue weighted by Gasteiger charge is -2.16. The molecule has 0 bridgehead atoms. The molecule has 0 aromatic carbocycles. The normalized spacial score (nSPS) is 12.4. The summed E-state index contributed by atoms with van der Waals surface area (Å²) in [7, 11) is 0. The molecule has 1 rings (SSSR count). The van der Waals surface area contributed by atoms with Crippen LogP contribution >= 0.6 is 11.5 Å². The summed E-state index contributed by atoms with van der Waals surface area (Å²) < 4.78 is 3.94. The van der Waals surface area contributed by atoms with Crippen LogP contribution in [0.3, 0.4) is 0 Å². The molecular formula is C10H18N4OS. The highest BCUT2D eigenvalue weighted by Gasteiger charge is 2.18. The topological polar surface area (TPSA) is 94.0 Å². The fourth-order valence-electron chi connectivity index (χ4n) is 1.55. The van der Waals surface area contributed by atoms with Gasteiger partial charge in [-0.25, -0.2) is 0 Å². The first-order valence-electron chi connectivity index (χ1n) is 5.41. The van der Waals surface area contributed by atoms with Crippen LogP contribution in [0.4, 0.5) is 10.8 Å². The van der Waals surface area contributed by atoms with E-state index in [2.05, 4.69) is 23.5 Å². The van der Waals surface area contributed by atoms with Gasteiger partial charge in [0.05, 0.1) is 0 Å². The summed E-state index contributed by atoms with van der Waals surface area (Å²) in [5.74, 6) is -0.313. The molecule has 0 aliphatic carbocycles. The third kappa shape index (κ3) is 2.85. The Balaban J connectivity index is 2.83. The second kappa shape index (κ2) is 5.69. The molecule has 1 aromatic heterocycles. The summed E-state index contributed by atoms with van der Waals surface area (Å²) in [6.45, 7) is 4.22. The van der Waals surface area contributed by atoms with Gasteiger partial charge in [-0.05, 0) is 24.4 Å². The minimum atomic E-state index is -0.528. The molecule has 90 valence electrons. The third-order valence-electron chi connectivity index (χ3n) is 2.43. The van der Waals surface area contributed by atoms with Crippen molar-refractivity contribution < 1.29 is 4.79 Å². The van der Waals surface area contributed by atoms with Gasteiger partial charge in [0, 0.05) is 6.04 Å². The molecular weight excluding hydrogens is 224 g/mol. The van der Waals surface area contributed by atoms with E-state index in [-0.39, 0.29) is 5.82 Å². The summed E-state index contributed by atoms with van der Waals surface area (Å²) in [6, 6.07) is 0.336. The van der Waals surface area contributed by atoms with Crippen LogP contribution in [-0.2, 0) is 0 Å². The predicted octanol–water partition coefficient (Wildman–Crippen LogP) is 1.81. The van der Waals surface area contributed by atoms with Gasteiger partial charge in [0.1, 0.15) is 10.6 Å². The molecule has 1 heterocycles. The Bertz CT molecular complexity index is 364. The number of primary amides is 1. The van der Waals surface area contributed by atoms with Gasteiger partial charge in [0.15, 0.2) is 5.82 Å². The maximum atomic E-state index is 11.2. The number of nitrogen functional groups attached to an aromatic ring is 1. The zero-order chi connectivity index (χ0) is 12.1. The first kappa shape index (κ1) is 12.8. The largest absolute Gasteiger partial charge is 0.382 e. The predicted molar refractivity (Wildman–Crippen MR) is 67.7 cm³/mol. The number of nitrogens with zero attached hydrogens (tertiary/aromatic N) is 1. The lowest BCUT2D eigenvalue weighted by molar-refractivity contribution is 0.100. The summed E-state index contributed by atoms with van der Waals surface area (Å²) in [6.07, 6.45) is 3.13. The van der Waals surface area contributed by atoms with E-state index in [9.17, 15) is 4.79 Å². The molecule has 5 nitrogen and oxygen atoms in total. The zero-order valence-electron chi connectivity index (χ0n) is 9.62. The number of aromatic nitrogens is 1. The van der Waals surface area contributed by atoms with E-state index in [1.165, 1.54) is 11.5 Å². The molecule has 6 heteroatoms. The Morgan fingerprint density at radius 3 is 2.75 bits per heavy atom. The van der Waals surface area contributed by atoms with Gasteiger partial charge in [-0.1, -0.05) is 20.3 Å². The van der Waals surface area contributed by atoms with Crippen molar-refractivity contribution in [2.75, 3.05) is 11.1 Å². The highest BCUT2D eigenvalue weighted by molar-refractivity contribution is 7.11. The molecule has 0 saturated heterocycles. The van der Waals surface area contributed by atoms with Gasteiger partial charge < -0.3 is 16.8 Å². The molecule has 0 fully saturated rings. The van der Waals surface area contributed by atoms with Crippen molar-refractivity contribution in [1.82, 2.24) is 4.37 Å². The molecule has 0 aliphatic heterocycles. The van der Waals surface area contributed by atoms with E-state index in [1.54, 1.807) is 0 Å². The van der Waals surface area contributed by atoms with Crippen LogP contribution in [0, 0.1) is 0 Å². The molecule has 16 heavy (non-hydrogen) atoms. The number of amides is 1. The van der Waals surface area contributed by atoms with Gasteiger partial charge in [-0.15, -0.1) is 0 Å². The second-order valence-corrected chi connectivity index (χ2v) is 4.45. The van der Waals surface area contributed by atoms with Crippen molar-refractivity contribution >= 4 is 28.3 Å². The number of nitrogens with two attached hydrogens (primary N) is 2. The van der Waals surface area contributed by atoms with Crippen molar-refractivity contribution in [2.45, 2.75) is 39.2 Å². The number of rotatable bonds is 6. The average Bonchev–Trinajstić information content (AvgIpc) is 2.59. The van der Waals surface area contributed by atoms with Crippen LogP contribution in [0.25, 0.3) is 0 Å². The maximum absolute atomic E-state index is 11.2. The average molecular weight is 242 g/mol. The van der Waals surface area contributed by atoms with Crippen molar-refractivity contribution in [3.8, 4) is 0 Å². The van der Waals surface area contributed by atoms with E-state index in [0.29, 0.717) is 16.6 Å². The smallest absolute Gasteiger partial charge is 0.255 e. The number of nitrogens with one attached hydrogen (secondary N) is 1. The Morgan fingerprint density at radius 1 is 1.56 bits per heavy atom. The Hall–Kier alpha value is -1.30. The molecule has 0 radical (unpaired) electrons. The maximum Gasteiger partial charge on any atom is 0.255 e. The number of anilines is 2. The number of carbonyl (C=O) groups is 1. The SMILES string of the molecule is CCCC(CC)Nc1snc(N)c1C(N)=O. The van der Waals surface area contributed by atoms with Gasteiger partial charge >= 0.3 is 0 Å². The quantitative estimate of drug-likeness (QED) is 0.709. The second-order valence-electron chi connectivity index (χ2n) is 3.67. The Morgan fingerprint density at radius 2 is 2.25 bits per heavy atom. The Labute approximate surface area is 99.4 Å². The van der Waals surface area contributed by atoms with E-state index in [4.69, 9.17) is 11.5 Å². The van der Waals surface area contributed by atoms with Crippen LogP contribution < -0.4 is 16.8 Å². The van der Waals surface area contributed by atoms with Gasteiger partial charge in [-0.2, -0.15) is 4.37 Å². The van der Waals surface area contributed by atoms with Gasteiger partial charge in [0.25, 0.3) is 5.91 Å². The molecule has 0 saturated carbocycles. The van der Waals surface area contributed by atoms with Crippen LogP contribution in [0.15, 0.2) is 0 Å². The third-order valence-corrected chi connectivity index (χ3v) is 3.22. The molecule has 1 unspecified atom stereocenters. The fraction of sp³-hybridized carbons (Fsp3) is 0.600. The molecule has 0 spiro atoms. The van der Waals surface area contributed by atoms with Gasteiger partial charge in [0.2, 0.25) is 0 Å². The van der Waals surface area contributed by atoms with Crippen molar-refractivity contribution in [1.29, 1.82) is 0 Å². The van der Waals surface area contributed by atoms with Crippen molar-refractivity contribution in [3.63, 3.8) is 0 Å². The highest BCUT2D eigenvalue weighted by Crippen LogP contribution is 2.27. The lowest BCUT2D eigenvalue weighted by Crippen LogP contribution is -2.21. The summed E-state index contributed by atoms with van der Waals surface area (Å²) in [4.78, 5) is 11.2. The summed E-state index contributed by atoms with van der Waals surface area (Å²) in [5.41, 5.74) is 11.2. The number of hydrogen-bond donors (Lipinski definition) is 3. The van der Waals surface area contributed by atoms with Crippen molar-refractivity contribution in [3.05, 3.63) is 5.56 Å². The monoisotopic (exact) mass is 242 g/mol. The van der Waals surface area contributed by atoms with E-state index < -0.39 is 5.91 Å². The van der Waals surface area contributed by atoms with E-state index in [0.717, 1.165) is 19.3 Å². The summed E-state index contributed by atoms with van der Waals surface area (Å²) >= 11 is 1.19. The van der Waals surface area contributed by atoms with Crippen LogP contribution in [0.1, 0.15) is 43.5 Å². The first-order valence-corrected chi connectivity index (χ1v) is 6.18. The molecule has 1 aromatic rings. The van der Waals surface area contributed by atoms with E-state index in [1.807, 2.05) is 0 Å². The fourth-order valence-corrected chi connectivity index (χ4v) is 2.35. The standard InChI is InChI=1S/C10H18N4OS/c1-3-5-6(4-2)13-10-7(9(12)15)8(11)14-16-10/h6,13H,3-5H2,1-2H3,(H2,11,14)(H2,12,15). The molecule has 5 N–H and O–H groups in total. The first-order chi connectivity index (χ1) is 7.60. The van der Waals surface area contributed by atoms with Crippen LogP contribution in [-0.4, -0.2) is 16.3 Å². The molecule has 1 atom stereocenters. The number of carbonyl (C=O) groups excluding carboxylic acids is 1. The van der Waals surface area contributed by atoms with E-state index >= 15 is 0 Å². The Kier molecular flexibility index (Phi) is 4.54. The van der Waals surface area contributed by atoms with Crippen LogP contribution in [0.2, 0.25) is 0 Å². The molecule has 1 amide bonds. The van der Waals surface area contributed by atoms with Crippen molar-refractivity contribution in [2.24, 2.45) is 5.73 Å². The van der Waals surface area contributed by atoms with Gasteiger partial charge in [-0.3, -0.25) is 4.79 Å². The lowest BCUT2D eigenvalue weighted by atomic mass is 10.1. The molecule has 0 aliphatic rings. The highest BCUT2D eigenvalue weighted by atomic mass is 32.1. The summed E-state index contributed by atoms with van der Waals surface area (Å²) in [5, 5.41) is 3.96. The van der Waals surface area contributed by atoms with Crippen LogP contribution in [0.5, 0.6) is 0 Å². The number of hydrogen-bond acceptors (Lipinski definition) is 5. The minimum absolute atomic E-state index is 0.214. The zero-order valence-corrected chi connectivity index (χ0v) is 10.4.